The van der Waals surface area contributed by atoms with Crippen molar-refractivity contribution in [1.29, 1.82) is 0 Å². The molecular formula is C22H25NO5. The van der Waals surface area contributed by atoms with E-state index in [4.69, 9.17) is 14.2 Å². The number of hydrogen-bond donors (Lipinski definition) is 1. The maximum Gasteiger partial charge on any atom is 0.351 e. The summed E-state index contributed by atoms with van der Waals surface area (Å²) in [4.78, 5) is 24.2. The van der Waals surface area contributed by atoms with Crippen molar-refractivity contribution in [2.45, 2.75) is 38.9 Å². The highest BCUT2D eigenvalue weighted by Crippen LogP contribution is 2.33. The number of carbonyl (C=O) groups excluding carboxylic acids is 2. The minimum Gasteiger partial charge on any atom is -0.482 e. The Kier molecular flexibility index (Phi) is 6.53. The first-order chi connectivity index (χ1) is 13.5. The molecule has 1 aliphatic rings. The van der Waals surface area contributed by atoms with Crippen LogP contribution in [0.2, 0.25) is 0 Å². The van der Waals surface area contributed by atoms with E-state index in [2.05, 4.69) is 5.32 Å². The molecule has 0 bridgehead atoms. The van der Waals surface area contributed by atoms with Gasteiger partial charge < -0.3 is 19.5 Å². The smallest absolute Gasteiger partial charge is 0.351 e. The lowest BCUT2D eigenvalue weighted by molar-refractivity contribution is -0.157. The average Bonchev–Trinajstić information content (AvgIpc) is 2.70. The lowest BCUT2D eigenvalue weighted by Gasteiger charge is -2.30. The van der Waals surface area contributed by atoms with Crippen LogP contribution in [0.5, 0.6) is 11.5 Å². The van der Waals surface area contributed by atoms with Crippen molar-refractivity contribution in [2.75, 3.05) is 13.2 Å². The van der Waals surface area contributed by atoms with Crippen LogP contribution in [0.25, 0.3) is 0 Å². The molecule has 3 rings (SSSR count). The summed E-state index contributed by atoms with van der Waals surface area (Å²) in [6.45, 7) is 4.14. The number of carbonyl (C=O) groups is 2. The average molecular weight is 383 g/mol. The van der Waals surface area contributed by atoms with E-state index in [0.29, 0.717) is 24.3 Å². The molecule has 0 aromatic heterocycles. The summed E-state index contributed by atoms with van der Waals surface area (Å²) in [6.07, 6.45) is -0.209. The van der Waals surface area contributed by atoms with Crippen molar-refractivity contribution >= 4 is 11.9 Å². The third-order valence-corrected chi connectivity index (χ3v) is 4.50. The summed E-state index contributed by atoms with van der Waals surface area (Å²) >= 11 is 0. The Morgan fingerprint density at radius 1 is 1.04 bits per heavy atom. The van der Waals surface area contributed by atoms with Gasteiger partial charge in [-0.2, -0.15) is 0 Å². The van der Waals surface area contributed by atoms with Gasteiger partial charge in [0.2, 0.25) is 12.0 Å². The third kappa shape index (κ3) is 5.25. The van der Waals surface area contributed by atoms with Crippen molar-refractivity contribution in [3.8, 4) is 11.5 Å². The van der Waals surface area contributed by atoms with Crippen molar-refractivity contribution in [2.24, 2.45) is 0 Å². The second kappa shape index (κ2) is 9.26. The van der Waals surface area contributed by atoms with E-state index in [1.165, 1.54) is 5.56 Å². The largest absolute Gasteiger partial charge is 0.482 e. The Labute approximate surface area is 164 Å². The third-order valence-electron chi connectivity index (χ3n) is 4.50. The Hall–Kier alpha value is -3.02. The molecule has 0 saturated heterocycles. The number of amides is 1. The van der Waals surface area contributed by atoms with Gasteiger partial charge in [-0.3, -0.25) is 4.79 Å². The van der Waals surface area contributed by atoms with E-state index in [1.807, 2.05) is 43.3 Å². The molecule has 2 atom stereocenters. The van der Waals surface area contributed by atoms with Crippen molar-refractivity contribution < 1.29 is 23.8 Å². The van der Waals surface area contributed by atoms with Crippen LogP contribution >= 0.6 is 0 Å². The fraction of sp³-hybridized carbons (Fsp3) is 0.364. The van der Waals surface area contributed by atoms with E-state index < -0.39 is 18.2 Å². The maximum absolute atomic E-state index is 12.3. The summed E-state index contributed by atoms with van der Waals surface area (Å²) in [5, 5.41) is 2.76. The van der Waals surface area contributed by atoms with E-state index in [1.54, 1.807) is 19.1 Å². The minimum absolute atomic E-state index is 0.0730. The molecule has 28 heavy (non-hydrogen) atoms. The topological polar surface area (TPSA) is 73.9 Å². The van der Waals surface area contributed by atoms with Gasteiger partial charge in [-0.1, -0.05) is 42.0 Å². The van der Waals surface area contributed by atoms with Gasteiger partial charge in [-0.05, 0) is 38.0 Å². The summed E-state index contributed by atoms with van der Waals surface area (Å²) in [5.41, 5.74) is 2.32. The molecule has 1 N–H and O–H groups in total. The van der Waals surface area contributed by atoms with Gasteiger partial charge in [-0.25, -0.2) is 4.79 Å². The Bertz CT molecular complexity index is 818. The molecule has 0 radical (unpaired) electrons. The molecule has 1 heterocycles. The fourth-order valence-corrected chi connectivity index (χ4v) is 2.90. The van der Waals surface area contributed by atoms with Crippen LogP contribution in [-0.4, -0.2) is 37.2 Å². The zero-order valence-corrected chi connectivity index (χ0v) is 16.1. The first-order valence-electron chi connectivity index (χ1n) is 9.44. The fourth-order valence-electron chi connectivity index (χ4n) is 2.90. The summed E-state index contributed by atoms with van der Waals surface area (Å²) in [7, 11) is 0. The molecule has 148 valence electrons. The zero-order valence-electron chi connectivity index (χ0n) is 16.1. The van der Waals surface area contributed by atoms with Gasteiger partial charge in [0.05, 0.1) is 6.54 Å². The van der Waals surface area contributed by atoms with Crippen LogP contribution in [0.3, 0.4) is 0 Å². The molecular weight excluding hydrogens is 358 g/mol. The Morgan fingerprint density at radius 2 is 1.71 bits per heavy atom. The molecule has 0 aliphatic carbocycles. The molecule has 0 fully saturated rings. The second-order valence-electron chi connectivity index (χ2n) is 6.81. The number of ether oxygens (including phenoxy) is 3. The zero-order chi connectivity index (χ0) is 19.9. The van der Waals surface area contributed by atoms with Crippen molar-refractivity contribution in [3.05, 3.63) is 59.7 Å². The molecule has 0 spiro atoms. The molecule has 6 heteroatoms. The quantitative estimate of drug-likeness (QED) is 0.588. The summed E-state index contributed by atoms with van der Waals surface area (Å²) < 4.78 is 16.6. The SMILES string of the molecule is Cc1ccc(CCC(=O)NCCOC(=O)C2Oc3ccccc3OC2C)cc1. The predicted octanol–water partition coefficient (Wildman–Crippen LogP) is 2.82. The van der Waals surface area contributed by atoms with Crippen LogP contribution in [0.4, 0.5) is 0 Å². The van der Waals surface area contributed by atoms with Crippen LogP contribution < -0.4 is 14.8 Å². The van der Waals surface area contributed by atoms with Crippen LogP contribution in [0.15, 0.2) is 48.5 Å². The second-order valence-corrected chi connectivity index (χ2v) is 6.81. The molecule has 1 aliphatic heterocycles. The monoisotopic (exact) mass is 383 g/mol. The molecule has 2 aromatic carbocycles. The number of rotatable bonds is 7. The minimum atomic E-state index is -0.827. The number of para-hydroxylation sites is 2. The van der Waals surface area contributed by atoms with E-state index in [9.17, 15) is 9.59 Å². The van der Waals surface area contributed by atoms with Crippen molar-refractivity contribution in [1.82, 2.24) is 5.32 Å². The van der Waals surface area contributed by atoms with Crippen LogP contribution in [-0.2, 0) is 20.7 Å². The van der Waals surface area contributed by atoms with E-state index in [0.717, 1.165) is 5.56 Å². The summed E-state index contributed by atoms with van der Waals surface area (Å²) in [5.74, 6) is 0.555. The number of nitrogens with one attached hydrogen (secondary N) is 1. The van der Waals surface area contributed by atoms with Gasteiger partial charge in [0, 0.05) is 6.42 Å². The van der Waals surface area contributed by atoms with Gasteiger partial charge in [0.1, 0.15) is 12.7 Å². The molecule has 0 saturated carbocycles. The number of hydrogen-bond acceptors (Lipinski definition) is 5. The van der Waals surface area contributed by atoms with E-state index >= 15 is 0 Å². The van der Waals surface area contributed by atoms with Gasteiger partial charge in [0.15, 0.2) is 11.5 Å². The van der Waals surface area contributed by atoms with Crippen LogP contribution in [0.1, 0.15) is 24.5 Å². The first kappa shape index (κ1) is 19.7. The highest BCUT2D eigenvalue weighted by Gasteiger charge is 2.35. The number of esters is 1. The highest BCUT2D eigenvalue weighted by molar-refractivity contribution is 5.77. The first-order valence-corrected chi connectivity index (χ1v) is 9.44. The van der Waals surface area contributed by atoms with E-state index in [-0.39, 0.29) is 19.1 Å². The lowest BCUT2D eigenvalue weighted by Crippen LogP contribution is -2.45. The number of aryl methyl sites for hydroxylation is 2. The predicted molar refractivity (Wildman–Crippen MR) is 104 cm³/mol. The van der Waals surface area contributed by atoms with Gasteiger partial charge in [-0.15, -0.1) is 0 Å². The van der Waals surface area contributed by atoms with Gasteiger partial charge >= 0.3 is 5.97 Å². The maximum atomic E-state index is 12.3. The molecule has 6 nitrogen and oxygen atoms in total. The van der Waals surface area contributed by atoms with Crippen LogP contribution in [0, 0.1) is 6.92 Å². The molecule has 2 aromatic rings. The number of benzene rings is 2. The molecule has 1 amide bonds. The normalized spacial score (nSPS) is 17.6. The molecule has 2 unspecified atom stereocenters. The Morgan fingerprint density at radius 3 is 2.43 bits per heavy atom. The standard InChI is InChI=1S/C22H25NO5/c1-15-7-9-17(10-8-15)11-12-20(24)23-13-14-26-22(25)21-16(2)27-18-5-3-4-6-19(18)28-21/h3-10,16,21H,11-14H2,1-2H3,(H,23,24). The summed E-state index contributed by atoms with van der Waals surface area (Å²) in [6, 6.07) is 15.3. The Balaban J connectivity index is 1.36. The van der Waals surface area contributed by atoms with Gasteiger partial charge in [0.25, 0.3) is 0 Å². The van der Waals surface area contributed by atoms with Crippen molar-refractivity contribution in [3.63, 3.8) is 0 Å². The highest BCUT2D eigenvalue weighted by atomic mass is 16.6. The lowest BCUT2D eigenvalue weighted by atomic mass is 10.1. The number of fused-ring (bicyclic) bond motifs is 1.